The lowest BCUT2D eigenvalue weighted by Crippen LogP contribution is -2.60. The molecule has 0 aromatic rings. The molecule has 0 aliphatic heterocycles. The maximum absolute atomic E-state index is 13.0. The number of carboxylic acids is 2. The van der Waals surface area contributed by atoms with Crippen molar-refractivity contribution in [3.63, 3.8) is 0 Å². The lowest BCUT2D eigenvalue weighted by atomic mass is 10.0. The van der Waals surface area contributed by atoms with Gasteiger partial charge in [0.1, 0.15) is 18.1 Å². The van der Waals surface area contributed by atoms with E-state index in [0.29, 0.717) is 0 Å². The number of rotatable bonds is 17. The first-order chi connectivity index (χ1) is 17.1. The van der Waals surface area contributed by atoms with Crippen LogP contribution in [0.5, 0.6) is 0 Å². The smallest absolute Gasteiger partial charge is 0.305 e. The highest BCUT2D eigenvalue weighted by Gasteiger charge is 2.33. The summed E-state index contributed by atoms with van der Waals surface area (Å²) < 4.78 is 0. The van der Waals surface area contributed by atoms with Gasteiger partial charge in [-0.3, -0.25) is 33.6 Å². The van der Waals surface area contributed by atoms with E-state index in [1.165, 1.54) is 6.92 Å². The second-order valence-corrected chi connectivity index (χ2v) is 9.20. The quantitative estimate of drug-likeness (QED) is 0.0952. The Balaban J connectivity index is 5.77. The second-order valence-electron chi connectivity index (χ2n) is 8.89. The van der Waals surface area contributed by atoms with Crippen LogP contribution in [-0.4, -0.2) is 92.7 Å². The molecule has 0 aromatic heterocycles. The van der Waals surface area contributed by atoms with Gasteiger partial charge in [0.25, 0.3) is 0 Å². The first kappa shape index (κ1) is 33.8. The summed E-state index contributed by atoms with van der Waals surface area (Å²) in [4.78, 5) is 84.1. The summed E-state index contributed by atoms with van der Waals surface area (Å²) in [5, 5.41) is 37.3. The van der Waals surface area contributed by atoms with Crippen molar-refractivity contribution >= 4 is 54.0 Å². The molecule has 0 rings (SSSR count). The molecule has 0 fully saturated rings. The van der Waals surface area contributed by atoms with Crippen LogP contribution >= 0.6 is 12.6 Å². The number of Topliss-reactive ketones (excluding diaryl/α,β-unsaturated/α-hetero) is 1. The largest absolute Gasteiger partial charge is 0.481 e. The highest BCUT2D eigenvalue weighted by molar-refractivity contribution is 7.81. The number of hydrogen-bond donors (Lipinski definition) is 8. The zero-order chi connectivity index (χ0) is 28.9. The van der Waals surface area contributed by atoms with Gasteiger partial charge in [-0.1, -0.05) is 13.8 Å². The van der Waals surface area contributed by atoms with E-state index in [4.69, 9.17) is 10.2 Å². The van der Waals surface area contributed by atoms with E-state index < -0.39 is 84.5 Å². The van der Waals surface area contributed by atoms with Crippen LogP contribution in [0, 0.1) is 5.92 Å². The minimum Gasteiger partial charge on any atom is -0.481 e. The van der Waals surface area contributed by atoms with Gasteiger partial charge in [0.05, 0.1) is 24.3 Å². The Morgan fingerprint density at radius 1 is 0.757 bits per heavy atom. The number of thiol groups is 1. The van der Waals surface area contributed by atoms with Gasteiger partial charge in [-0.15, -0.1) is 0 Å². The number of aliphatic carboxylic acids is 2. The highest BCUT2D eigenvalue weighted by Crippen LogP contribution is 2.08. The zero-order valence-electron chi connectivity index (χ0n) is 21.1. The van der Waals surface area contributed by atoms with Crippen LogP contribution in [0.25, 0.3) is 0 Å². The number of carbonyl (C=O) groups excluding carboxylic acids is 5. The average Bonchev–Trinajstić information content (AvgIpc) is 2.76. The van der Waals surface area contributed by atoms with E-state index >= 15 is 0 Å². The van der Waals surface area contributed by atoms with Gasteiger partial charge in [0.15, 0.2) is 5.78 Å². The Labute approximate surface area is 219 Å². The number of nitrogens with one attached hydrogen (secondary N) is 4. The third kappa shape index (κ3) is 13.6. The van der Waals surface area contributed by atoms with Gasteiger partial charge in [0, 0.05) is 13.3 Å². The summed E-state index contributed by atoms with van der Waals surface area (Å²) in [7, 11) is 0. The molecule has 14 nitrogen and oxygen atoms in total. The standard InChI is InChI=1S/C22H36N4O10S/c1-10(2)7-15(23-12(4)28)21(35)24-13(5-6-17(30)31)20(34)26-19(11(3)27)22(36)25-14(8-18(32)33)16(29)9-37/h10-11,13-15,19,27,37H,5-9H2,1-4H3,(H,23,28)(H,24,35)(H,25,36)(H,26,34)(H,30,31)(H,32,33)/t11-,13+,14+,15+,19+/m1/s1. The molecule has 5 atom stereocenters. The van der Waals surface area contributed by atoms with Crippen molar-refractivity contribution in [2.75, 3.05) is 5.75 Å². The molecule has 37 heavy (non-hydrogen) atoms. The molecule has 0 spiro atoms. The fourth-order valence-electron chi connectivity index (χ4n) is 3.21. The molecule has 210 valence electrons. The van der Waals surface area contributed by atoms with Gasteiger partial charge in [-0.25, -0.2) is 0 Å². The molecular weight excluding hydrogens is 512 g/mol. The Hall–Kier alpha value is -3.20. The van der Waals surface area contributed by atoms with Crippen LogP contribution in [-0.2, 0) is 33.6 Å². The molecule has 0 bridgehead atoms. The molecule has 0 aliphatic carbocycles. The van der Waals surface area contributed by atoms with E-state index in [2.05, 4.69) is 33.9 Å². The fraction of sp³-hybridized carbons (Fsp3) is 0.682. The predicted molar refractivity (Wildman–Crippen MR) is 133 cm³/mol. The second kappa shape index (κ2) is 16.5. The Bertz CT molecular complexity index is 864. The van der Waals surface area contributed by atoms with Crippen LogP contribution in [0.15, 0.2) is 0 Å². The molecule has 0 aromatic carbocycles. The minimum absolute atomic E-state index is 0.0177. The fourth-order valence-corrected chi connectivity index (χ4v) is 3.43. The van der Waals surface area contributed by atoms with Crippen molar-refractivity contribution in [3.8, 4) is 0 Å². The molecule has 15 heteroatoms. The van der Waals surface area contributed by atoms with Crippen LogP contribution in [0.4, 0.5) is 0 Å². The molecule has 0 heterocycles. The number of carbonyl (C=O) groups is 7. The van der Waals surface area contributed by atoms with Gasteiger partial charge < -0.3 is 36.6 Å². The summed E-state index contributed by atoms with van der Waals surface area (Å²) in [6, 6.07) is -5.63. The van der Waals surface area contributed by atoms with Gasteiger partial charge in [-0.05, 0) is 25.7 Å². The normalized spacial score (nSPS) is 14.9. The molecule has 7 N–H and O–H groups in total. The Kier molecular flexibility index (Phi) is 15.1. The van der Waals surface area contributed by atoms with E-state index in [1.54, 1.807) is 13.8 Å². The third-order valence-electron chi connectivity index (χ3n) is 4.98. The van der Waals surface area contributed by atoms with E-state index in [0.717, 1.165) is 6.92 Å². The van der Waals surface area contributed by atoms with Crippen molar-refractivity contribution in [3.05, 3.63) is 0 Å². The molecule has 0 saturated carbocycles. The third-order valence-corrected chi connectivity index (χ3v) is 5.29. The van der Waals surface area contributed by atoms with Crippen molar-refractivity contribution < 1.29 is 48.9 Å². The number of aliphatic hydroxyl groups is 1. The maximum atomic E-state index is 13.0. The summed E-state index contributed by atoms with van der Waals surface area (Å²) in [6.07, 6.45) is -2.97. The topological polar surface area (TPSA) is 228 Å². The number of hydrogen-bond acceptors (Lipinski definition) is 9. The van der Waals surface area contributed by atoms with Crippen LogP contribution in [0.1, 0.15) is 53.4 Å². The van der Waals surface area contributed by atoms with Gasteiger partial charge in [0.2, 0.25) is 23.6 Å². The van der Waals surface area contributed by atoms with E-state index in [1.807, 2.05) is 0 Å². The first-order valence-corrected chi connectivity index (χ1v) is 12.2. The number of ketones is 1. The predicted octanol–water partition coefficient (Wildman–Crippen LogP) is -1.79. The van der Waals surface area contributed by atoms with Crippen molar-refractivity contribution in [1.82, 2.24) is 21.3 Å². The van der Waals surface area contributed by atoms with Crippen molar-refractivity contribution in [2.45, 2.75) is 83.6 Å². The van der Waals surface area contributed by atoms with Crippen molar-refractivity contribution in [1.29, 1.82) is 0 Å². The Morgan fingerprint density at radius 3 is 1.73 bits per heavy atom. The lowest BCUT2D eigenvalue weighted by molar-refractivity contribution is -0.141. The van der Waals surface area contributed by atoms with Crippen LogP contribution in [0.2, 0.25) is 0 Å². The zero-order valence-corrected chi connectivity index (χ0v) is 22.0. The van der Waals surface area contributed by atoms with Gasteiger partial charge >= 0.3 is 11.9 Å². The average molecular weight is 549 g/mol. The summed E-state index contributed by atoms with van der Waals surface area (Å²) >= 11 is 3.78. The molecule has 4 amide bonds. The number of amides is 4. The van der Waals surface area contributed by atoms with E-state index in [9.17, 15) is 38.7 Å². The molecular formula is C22H36N4O10S. The number of carboxylic acid groups (broad SMARTS) is 2. The SMILES string of the molecule is CC(=O)N[C@@H](CC(C)C)C(=O)N[C@@H](CCC(=O)O)C(=O)N[C@H](C(=O)N[C@@H](CC(=O)O)C(=O)CS)[C@@H](C)O. The summed E-state index contributed by atoms with van der Waals surface area (Å²) in [6.45, 7) is 5.96. The summed E-state index contributed by atoms with van der Waals surface area (Å²) in [5.74, 6) is -7.10. The molecule has 0 aliphatic rings. The monoisotopic (exact) mass is 548 g/mol. The van der Waals surface area contributed by atoms with Crippen LogP contribution in [0.3, 0.4) is 0 Å². The minimum atomic E-state index is -1.68. The van der Waals surface area contributed by atoms with Crippen molar-refractivity contribution in [2.24, 2.45) is 5.92 Å². The van der Waals surface area contributed by atoms with Crippen LogP contribution < -0.4 is 21.3 Å². The van der Waals surface area contributed by atoms with Gasteiger partial charge in [-0.2, -0.15) is 12.6 Å². The van der Waals surface area contributed by atoms with E-state index in [-0.39, 0.29) is 24.5 Å². The summed E-state index contributed by atoms with van der Waals surface area (Å²) in [5.41, 5.74) is 0. The maximum Gasteiger partial charge on any atom is 0.305 e. The number of aliphatic hydroxyl groups excluding tert-OH is 1. The highest BCUT2D eigenvalue weighted by atomic mass is 32.1. The molecule has 0 radical (unpaired) electrons. The first-order valence-electron chi connectivity index (χ1n) is 11.5. The molecule has 0 saturated heterocycles. The lowest BCUT2D eigenvalue weighted by Gasteiger charge is -2.27. The Morgan fingerprint density at radius 2 is 1.30 bits per heavy atom. The molecule has 0 unspecified atom stereocenters.